The molecule has 1 aromatic heterocycles. The number of amidine groups is 1. The maximum atomic E-state index is 14.3. The molecule has 0 saturated carbocycles. The summed E-state index contributed by atoms with van der Waals surface area (Å²) in [6.07, 6.45) is 3.80. The summed E-state index contributed by atoms with van der Waals surface area (Å²) in [6, 6.07) is 3.46. The Morgan fingerprint density at radius 3 is 2.67 bits per heavy atom. The molecular weight excluding hydrogens is 491 g/mol. The smallest absolute Gasteiger partial charge is 0.338 e. The minimum Gasteiger partial charge on any atom is -0.466 e. The molecule has 8 nitrogen and oxygen atoms in total. The van der Waals surface area contributed by atoms with Crippen LogP contribution in [0.1, 0.15) is 29.5 Å². The van der Waals surface area contributed by atoms with E-state index in [4.69, 9.17) is 16.3 Å². The van der Waals surface area contributed by atoms with Gasteiger partial charge in [-0.05, 0) is 18.9 Å². The van der Waals surface area contributed by atoms with E-state index in [1.54, 1.807) is 17.6 Å². The molecule has 0 spiro atoms. The summed E-state index contributed by atoms with van der Waals surface area (Å²) in [5, 5.41) is 5.52. The number of nitrogens with zero attached hydrogens (tertiary/aromatic N) is 3. The highest BCUT2D eigenvalue weighted by Gasteiger charge is 2.38. The lowest BCUT2D eigenvalue weighted by molar-refractivity contribution is -0.136. The molecule has 0 bridgehead atoms. The highest BCUT2D eigenvalue weighted by atomic mass is 35.5. The summed E-state index contributed by atoms with van der Waals surface area (Å²) in [7, 11) is -2.04. The van der Waals surface area contributed by atoms with Gasteiger partial charge in [0.05, 0.1) is 24.0 Å². The van der Waals surface area contributed by atoms with Crippen molar-refractivity contribution in [3.8, 4) is 0 Å². The average Bonchev–Trinajstić information content (AvgIpc) is 3.34. The number of hydrogen-bond donors (Lipinski definition) is 1. The fourth-order valence-electron chi connectivity index (χ4n) is 4.10. The Morgan fingerprint density at radius 1 is 1.33 bits per heavy atom. The third-order valence-electron chi connectivity index (χ3n) is 5.72. The summed E-state index contributed by atoms with van der Waals surface area (Å²) in [5.74, 6) is -0.970. The molecule has 0 radical (unpaired) electrons. The Morgan fingerprint density at radius 2 is 2.06 bits per heavy atom. The number of ether oxygens (including phenoxy) is 1. The Kier molecular flexibility index (Phi) is 6.85. The fraction of sp³-hybridized carbons (Fsp3) is 0.381. The van der Waals surface area contributed by atoms with Crippen molar-refractivity contribution in [2.45, 2.75) is 18.9 Å². The molecule has 2 aromatic rings. The standard InChI is InChI=1S/C21H22ClFN4O4S2/c1-31-21(28)15-17(12-6-9-27(10-7-12)33(2,29)30)25-19(20-24-8-11-32-20)26-18(15)13-4-3-5-14(23)16(13)22/h3-5,8,11-12,18H,6-7,9-10H2,1-2H3,(H,25,26). The van der Waals surface area contributed by atoms with Crippen LogP contribution in [0, 0.1) is 11.7 Å². The number of hydrogen-bond acceptors (Lipinski definition) is 8. The summed E-state index contributed by atoms with van der Waals surface area (Å²) < 4.78 is 44.7. The van der Waals surface area contributed by atoms with E-state index in [-0.39, 0.29) is 16.5 Å². The van der Waals surface area contributed by atoms with E-state index in [1.165, 1.54) is 41.1 Å². The first-order chi connectivity index (χ1) is 15.7. The number of rotatable bonds is 5. The number of aliphatic imine (C=N–C) groups is 1. The van der Waals surface area contributed by atoms with E-state index in [0.29, 0.717) is 48.0 Å². The predicted octanol–water partition coefficient (Wildman–Crippen LogP) is 3.13. The van der Waals surface area contributed by atoms with Crippen LogP contribution >= 0.6 is 22.9 Å². The highest BCUT2D eigenvalue weighted by Crippen LogP contribution is 2.40. The quantitative estimate of drug-likeness (QED) is 0.618. The first-order valence-electron chi connectivity index (χ1n) is 10.2. The molecule has 2 aliphatic rings. The van der Waals surface area contributed by atoms with E-state index in [2.05, 4.69) is 15.3 Å². The SMILES string of the molecule is COC(=O)C1=C(C2CCN(S(C)(=O)=O)CC2)NC(c2nccs2)=NC1c1cccc(F)c1Cl. The number of esters is 1. The normalized spacial score (nSPS) is 20.4. The largest absolute Gasteiger partial charge is 0.466 e. The van der Waals surface area contributed by atoms with Gasteiger partial charge in [-0.1, -0.05) is 23.7 Å². The minimum absolute atomic E-state index is 0.126. The molecular formula is C21H22ClFN4O4S2. The van der Waals surface area contributed by atoms with Gasteiger partial charge in [-0.15, -0.1) is 11.3 Å². The molecule has 1 aromatic carbocycles. The Hall–Kier alpha value is -2.34. The van der Waals surface area contributed by atoms with Crippen LogP contribution in [0.5, 0.6) is 0 Å². The van der Waals surface area contributed by atoms with Gasteiger partial charge in [0.1, 0.15) is 11.9 Å². The number of thiazole rings is 1. The van der Waals surface area contributed by atoms with Gasteiger partial charge in [0.25, 0.3) is 0 Å². The van der Waals surface area contributed by atoms with Crippen molar-refractivity contribution in [2.75, 3.05) is 26.5 Å². The molecule has 1 saturated heterocycles. The van der Waals surface area contributed by atoms with Crippen molar-refractivity contribution in [2.24, 2.45) is 10.9 Å². The molecule has 3 heterocycles. The van der Waals surface area contributed by atoms with Crippen LogP contribution in [0.25, 0.3) is 0 Å². The number of halogens is 2. The van der Waals surface area contributed by atoms with E-state index < -0.39 is 27.9 Å². The van der Waals surface area contributed by atoms with Crippen LogP contribution in [-0.2, 0) is 19.6 Å². The molecule has 4 rings (SSSR count). The zero-order chi connectivity index (χ0) is 23.8. The maximum Gasteiger partial charge on any atom is 0.338 e. The Bertz CT molecular complexity index is 1220. The number of methoxy groups -OCH3 is 1. The maximum absolute atomic E-state index is 14.3. The van der Waals surface area contributed by atoms with Crippen molar-refractivity contribution in [3.05, 3.63) is 62.5 Å². The fourth-order valence-corrected chi connectivity index (χ4v) is 5.79. The minimum atomic E-state index is -3.31. The summed E-state index contributed by atoms with van der Waals surface area (Å²) >= 11 is 7.65. The summed E-state index contributed by atoms with van der Waals surface area (Å²) in [6.45, 7) is 0.635. The molecule has 33 heavy (non-hydrogen) atoms. The lowest BCUT2D eigenvalue weighted by Gasteiger charge is -2.35. The second-order valence-corrected chi connectivity index (χ2v) is 11.0. The van der Waals surface area contributed by atoms with Gasteiger partial charge >= 0.3 is 5.97 Å². The van der Waals surface area contributed by atoms with Gasteiger partial charge in [-0.2, -0.15) is 0 Å². The third kappa shape index (κ3) is 4.81. The number of aromatic nitrogens is 1. The first-order valence-corrected chi connectivity index (χ1v) is 13.3. The van der Waals surface area contributed by atoms with Crippen molar-refractivity contribution < 1.29 is 22.3 Å². The first kappa shape index (κ1) is 23.8. The van der Waals surface area contributed by atoms with E-state index in [9.17, 15) is 17.6 Å². The highest BCUT2D eigenvalue weighted by molar-refractivity contribution is 7.88. The van der Waals surface area contributed by atoms with Crippen LogP contribution in [-0.4, -0.2) is 56.0 Å². The molecule has 2 aliphatic heterocycles. The number of carbonyl (C=O) groups excluding carboxylic acids is 1. The van der Waals surface area contributed by atoms with Crippen LogP contribution in [0.2, 0.25) is 5.02 Å². The monoisotopic (exact) mass is 512 g/mol. The Labute approximate surface area is 200 Å². The van der Waals surface area contributed by atoms with E-state index >= 15 is 0 Å². The molecule has 1 N–H and O–H groups in total. The van der Waals surface area contributed by atoms with Gasteiger partial charge in [0, 0.05) is 41.8 Å². The number of carbonyl (C=O) groups is 1. The molecule has 1 unspecified atom stereocenters. The number of sulfonamides is 1. The zero-order valence-corrected chi connectivity index (χ0v) is 20.3. The van der Waals surface area contributed by atoms with Gasteiger partial charge in [0.2, 0.25) is 10.0 Å². The van der Waals surface area contributed by atoms with Crippen molar-refractivity contribution in [1.29, 1.82) is 0 Å². The van der Waals surface area contributed by atoms with Crippen LogP contribution < -0.4 is 5.32 Å². The van der Waals surface area contributed by atoms with Gasteiger partial charge in [-0.3, -0.25) is 4.99 Å². The van der Waals surface area contributed by atoms with Crippen LogP contribution in [0.15, 0.2) is 46.0 Å². The topological polar surface area (TPSA) is 101 Å². The Balaban J connectivity index is 1.82. The lowest BCUT2D eigenvalue weighted by Crippen LogP contribution is -2.42. The van der Waals surface area contributed by atoms with E-state index in [1.807, 2.05) is 0 Å². The van der Waals surface area contributed by atoms with Gasteiger partial charge in [-0.25, -0.2) is 26.9 Å². The molecule has 176 valence electrons. The second kappa shape index (κ2) is 9.49. The molecule has 1 atom stereocenters. The van der Waals surface area contributed by atoms with Crippen molar-refractivity contribution in [1.82, 2.24) is 14.6 Å². The van der Waals surface area contributed by atoms with Crippen LogP contribution in [0.4, 0.5) is 4.39 Å². The molecule has 12 heteroatoms. The van der Waals surface area contributed by atoms with E-state index in [0.717, 1.165) is 0 Å². The number of nitrogens with one attached hydrogen (secondary N) is 1. The zero-order valence-electron chi connectivity index (χ0n) is 17.9. The third-order valence-corrected chi connectivity index (χ3v) is 8.20. The number of allylic oxidation sites excluding steroid dienone is 1. The van der Waals surface area contributed by atoms with Crippen molar-refractivity contribution >= 4 is 44.8 Å². The van der Waals surface area contributed by atoms with Gasteiger partial charge in [0.15, 0.2) is 10.8 Å². The molecule has 1 fully saturated rings. The predicted molar refractivity (Wildman–Crippen MR) is 124 cm³/mol. The van der Waals surface area contributed by atoms with Crippen molar-refractivity contribution in [3.63, 3.8) is 0 Å². The molecule has 0 aliphatic carbocycles. The van der Waals surface area contributed by atoms with Gasteiger partial charge < -0.3 is 10.1 Å². The lowest BCUT2D eigenvalue weighted by atomic mass is 9.86. The average molecular weight is 513 g/mol. The summed E-state index contributed by atoms with van der Waals surface area (Å²) in [5.41, 5.74) is 1.13. The second-order valence-electron chi connectivity index (χ2n) is 7.74. The summed E-state index contributed by atoms with van der Waals surface area (Å²) in [4.78, 5) is 22.0. The number of piperidine rings is 1. The van der Waals surface area contributed by atoms with Crippen LogP contribution in [0.3, 0.4) is 0 Å². The molecule has 0 amide bonds. The number of benzene rings is 1.